The Kier molecular flexibility index (Phi) is 5.13. The van der Waals surface area contributed by atoms with Crippen molar-refractivity contribution < 1.29 is 22.4 Å². The van der Waals surface area contributed by atoms with E-state index in [4.69, 9.17) is 10.2 Å². The predicted octanol–water partition coefficient (Wildman–Crippen LogP) is 1.64. The second kappa shape index (κ2) is 7.33. The van der Waals surface area contributed by atoms with E-state index in [9.17, 15) is 18.0 Å². The van der Waals surface area contributed by atoms with Crippen LogP contribution in [0.4, 0.5) is 0 Å². The van der Waals surface area contributed by atoms with E-state index in [1.54, 1.807) is 18.2 Å². The van der Waals surface area contributed by atoms with Gasteiger partial charge in [-0.3, -0.25) is 9.59 Å². The summed E-state index contributed by atoms with van der Waals surface area (Å²) in [5.74, 6) is -1.44. The van der Waals surface area contributed by atoms with Gasteiger partial charge >= 0.3 is 0 Å². The third kappa shape index (κ3) is 3.96. The van der Waals surface area contributed by atoms with Crippen molar-refractivity contribution in [2.45, 2.75) is 36.0 Å². The number of carbonyl (C=O) groups excluding carboxylic acids is 2. The lowest BCUT2D eigenvalue weighted by molar-refractivity contribution is -0.122. The molecule has 138 valence electrons. The number of rotatable bonds is 6. The van der Waals surface area contributed by atoms with Crippen LogP contribution in [0.25, 0.3) is 0 Å². The van der Waals surface area contributed by atoms with Crippen molar-refractivity contribution in [3.05, 3.63) is 54.0 Å². The highest BCUT2D eigenvalue weighted by Gasteiger charge is 2.33. The zero-order valence-electron chi connectivity index (χ0n) is 14.1. The zero-order valence-corrected chi connectivity index (χ0v) is 14.9. The first-order valence-electron chi connectivity index (χ1n) is 8.33. The Bertz CT molecular complexity index is 905. The molecule has 3 N–H and O–H groups in total. The topological polar surface area (TPSA) is 119 Å². The molecule has 1 aromatic carbocycles. The van der Waals surface area contributed by atoms with Crippen molar-refractivity contribution in [1.29, 1.82) is 0 Å². The number of hydrogen-bond donors (Lipinski definition) is 2. The maximum Gasteiger partial charge on any atom is 0.287 e. The van der Waals surface area contributed by atoms with Crippen molar-refractivity contribution in [2.24, 2.45) is 11.7 Å². The summed E-state index contributed by atoms with van der Waals surface area (Å²) in [6, 6.07) is 10.6. The molecule has 1 fully saturated rings. The van der Waals surface area contributed by atoms with E-state index in [-0.39, 0.29) is 34.1 Å². The van der Waals surface area contributed by atoms with E-state index >= 15 is 0 Å². The molecule has 2 aromatic rings. The average molecular weight is 376 g/mol. The van der Waals surface area contributed by atoms with E-state index in [0.29, 0.717) is 12.8 Å². The van der Waals surface area contributed by atoms with Crippen LogP contribution in [-0.4, -0.2) is 26.3 Å². The van der Waals surface area contributed by atoms with E-state index in [1.165, 1.54) is 24.3 Å². The molecule has 1 heterocycles. The van der Waals surface area contributed by atoms with Gasteiger partial charge in [0.1, 0.15) is 11.5 Å². The summed E-state index contributed by atoms with van der Waals surface area (Å²) < 4.78 is 30.1. The molecule has 7 nitrogen and oxygen atoms in total. The third-order valence-electron chi connectivity index (χ3n) is 4.52. The molecule has 3 rings (SSSR count). The van der Waals surface area contributed by atoms with Crippen molar-refractivity contribution in [3.63, 3.8) is 0 Å². The van der Waals surface area contributed by atoms with Crippen LogP contribution in [0.5, 0.6) is 0 Å². The lowest BCUT2D eigenvalue weighted by Crippen LogP contribution is -2.42. The fourth-order valence-corrected chi connectivity index (χ4v) is 4.46. The van der Waals surface area contributed by atoms with Crippen LogP contribution in [0.1, 0.15) is 35.6 Å². The van der Waals surface area contributed by atoms with Gasteiger partial charge in [-0.05, 0) is 37.1 Å². The molecule has 2 atom stereocenters. The van der Waals surface area contributed by atoms with Crippen LogP contribution in [0.3, 0.4) is 0 Å². The van der Waals surface area contributed by atoms with Gasteiger partial charge in [0.25, 0.3) is 5.91 Å². The van der Waals surface area contributed by atoms with E-state index < -0.39 is 21.7 Å². The van der Waals surface area contributed by atoms with Crippen molar-refractivity contribution in [2.75, 3.05) is 0 Å². The Morgan fingerprint density at radius 1 is 1.12 bits per heavy atom. The number of amides is 2. The number of carbonyl (C=O) groups is 2. The second-order valence-corrected chi connectivity index (χ2v) is 8.35. The summed E-state index contributed by atoms with van der Waals surface area (Å²) in [7, 11) is -3.55. The van der Waals surface area contributed by atoms with Crippen LogP contribution in [-0.2, 0) is 20.4 Å². The molecular weight excluding hydrogens is 356 g/mol. The smallest absolute Gasteiger partial charge is 0.287 e. The summed E-state index contributed by atoms with van der Waals surface area (Å²) in [5, 5.41) is 2.75. The molecule has 1 aliphatic carbocycles. The summed E-state index contributed by atoms with van der Waals surface area (Å²) in [4.78, 5) is 23.9. The first kappa shape index (κ1) is 18.2. The van der Waals surface area contributed by atoms with Gasteiger partial charge in [0.2, 0.25) is 5.91 Å². The number of nitrogens with one attached hydrogen (secondary N) is 1. The molecule has 0 aliphatic heterocycles. The first-order valence-corrected chi connectivity index (χ1v) is 9.99. The van der Waals surface area contributed by atoms with Gasteiger partial charge in [0.15, 0.2) is 15.6 Å². The zero-order chi connectivity index (χ0) is 18.7. The summed E-state index contributed by atoms with van der Waals surface area (Å²) >= 11 is 0. The number of furan rings is 1. The second-order valence-electron chi connectivity index (χ2n) is 6.36. The van der Waals surface area contributed by atoms with Crippen LogP contribution >= 0.6 is 0 Å². The number of primary amides is 1. The quantitative estimate of drug-likeness (QED) is 0.794. The predicted molar refractivity (Wildman–Crippen MR) is 93.8 cm³/mol. The van der Waals surface area contributed by atoms with Gasteiger partial charge in [0.05, 0.1) is 10.8 Å². The van der Waals surface area contributed by atoms with Gasteiger partial charge < -0.3 is 15.5 Å². The lowest BCUT2D eigenvalue weighted by Gasteiger charge is -2.17. The highest BCUT2D eigenvalue weighted by atomic mass is 32.2. The van der Waals surface area contributed by atoms with E-state index in [0.717, 1.165) is 6.42 Å². The van der Waals surface area contributed by atoms with Crippen LogP contribution < -0.4 is 11.1 Å². The minimum atomic E-state index is -3.55. The van der Waals surface area contributed by atoms with E-state index in [1.807, 2.05) is 0 Å². The molecule has 26 heavy (non-hydrogen) atoms. The number of nitrogens with two attached hydrogens (primary N) is 1. The minimum Gasteiger partial charge on any atom is -0.455 e. The molecule has 2 unspecified atom stereocenters. The number of sulfone groups is 1. The van der Waals surface area contributed by atoms with Gasteiger partial charge in [-0.25, -0.2) is 8.42 Å². The normalized spacial score (nSPS) is 20.0. The number of benzene rings is 1. The Balaban J connectivity index is 1.68. The maximum atomic E-state index is 12.4. The largest absolute Gasteiger partial charge is 0.455 e. The van der Waals surface area contributed by atoms with Gasteiger partial charge in [0, 0.05) is 6.04 Å². The number of hydrogen-bond acceptors (Lipinski definition) is 5. The maximum absolute atomic E-state index is 12.4. The first-order chi connectivity index (χ1) is 12.4. The summed E-state index contributed by atoms with van der Waals surface area (Å²) in [5.41, 5.74) is 5.35. The van der Waals surface area contributed by atoms with Crippen LogP contribution in [0, 0.1) is 5.92 Å². The van der Waals surface area contributed by atoms with Crippen molar-refractivity contribution in [3.8, 4) is 0 Å². The fraction of sp³-hybridized carbons (Fsp3) is 0.333. The van der Waals surface area contributed by atoms with Gasteiger partial charge in [-0.1, -0.05) is 24.6 Å². The molecule has 2 amide bonds. The SMILES string of the molecule is NC(=O)C1CCCC1NC(=O)c1ccc(CS(=O)(=O)c2ccccc2)o1. The Hall–Kier alpha value is -2.61. The van der Waals surface area contributed by atoms with Crippen molar-refractivity contribution in [1.82, 2.24) is 5.32 Å². The molecule has 1 saturated carbocycles. The molecule has 1 aliphatic rings. The standard InChI is InChI=1S/C18H20N2O5S/c19-17(21)14-7-4-8-15(14)20-18(22)16-10-9-12(25-16)11-26(23,24)13-5-2-1-3-6-13/h1-3,5-6,9-10,14-15H,4,7-8,11H2,(H2,19,21)(H,20,22). The highest BCUT2D eigenvalue weighted by Crippen LogP contribution is 2.26. The highest BCUT2D eigenvalue weighted by molar-refractivity contribution is 7.90. The molecule has 0 bridgehead atoms. The molecule has 0 saturated heterocycles. The lowest BCUT2D eigenvalue weighted by atomic mass is 10.0. The molecule has 0 radical (unpaired) electrons. The van der Waals surface area contributed by atoms with Gasteiger partial charge in [-0.2, -0.15) is 0 Å². The summed E-state index contributed by atoms with van der Waals surface area (Å²) in [6.07, 6.45) is 2.14. The van der Waals surface area contributed by atoms with Crippen molar-refractivity contribution >= 4 is 21.7 Å². The fourth-order valence-electron chi connectivity index (χ4n) is 3.19. The van der Waals surface area contributed by atoms with Crippen LogP contribution in [0.15, 0.2) is 51.8 Å². The Morgan fingerprint density at radius 2 is 1.85 bits per heavy atom. The Morgan fingerprint density at radius 3 is 2.54 bits per heavy atom. The van der Waals surface area contributed by atoms with Crippen LogP contribution in [0.2, 0.25) is 0 Å². The summed E-state index contributed by atoms with van der Waals surface area (Å²) in [6.45, 7) is 0. The van der Waals surface area contributed by atoms with Gasteiger partial charge in [-0.15, -0.1) is 0 Å². The Labute approximate surface area is 151 Å². The third-order valence-corrected chi connectivity index (χ3v) is 6.17. The minimum absolute atomic E-state index is 0.0124. The molecule has 1 aromatic heterocycles. The monoisotopic (exact) mass is 376 g/mol. The molecule has 8 heteroatoms. The van der Waals surface area contributed by atoms with E-state index in [2.05, 4.69) is 5.32 Å². The average Bonchev–Trinajstić information content (AvgIpc) is 3.24. The molecular formula is C18H20N2O5S. The molecule has 0 spiro atoms.